The minimum Gasteiger partial charge on any atom is -0.326 e. The van der Waals surface area contributed by atoms with Crippen molar-refractivity contribution in [1.82, 2.24) is 4.90 Å². The summed E-state index contributed by atoms with van der Waals surface area (Å²) in [5, 5.41) is 1.95. The van der Waals surface area contributed by atoms with Gasteiger partial charge in [-0.1, -0.05) is 13.0 Å². The second kappa shape index (κ2) is 6.45. The molecule has 6 heteroatoms. The maximum absolute atomic E-state index is 12.9. The first-order chi connectivity index (χ1) is 9.43. The molecule has 1 aliphatic rings. The van der Waals surface area contributed by atoms with Gasteiger partial charge in [0.05, 0.1) is 12.0 Å². The lowest BCUT2D eigenvalue weighted by atomic mass is 9.93. The van der Waals surface area contributed by atoms with Gasteiger partial charge in [0.2, 0.25) is 0 Å². The number of likely N-dealkylation sites (tertiary alicyclic amines) is 1. The van der Waals surface area contributed by atoms with Gasteiger partial charge < -0.3 is 5.73 Å². The first kappa shape index (κ1) is 15.8. The zero-order valence-electron chi connectivity index (χ0n) is 11.6. The van der Waals surface area contributed by atoms with Gasteiger partial charge in [-0.2, -0.15) is 13.2 Å². The Labute approximate surface area is 121 Å². The summed E-state index contributed by atoms with van der Waals surface area (Å²) in [6, 6.07) is 3.69. The number of alkyl halides is 3. The van der Waals surface area contributed by atoms with Crippen LogP contribution in [0, 0.1) is 5.92 Å². The Hall–Kier alpha value is -0.590. The number of piperidine rings is 1. The third-order valence-electron chi connectivity index (χ3n) is 4.02. The lowest BCUT2D eigenvalue weighted by Gasteiger charge is -2.40. The zero-order valence-corrected chi connectivity index (χ0v) is 12.4. The molecule has 2 N–H and O–H groups in total. The molecule has 114 valence electrons. The van der Waals surface area contributed by atoms with E-state index < -0.39 is 12.1 Å². The van der Waals surface area contributed by atoms with Crippen LogP contribution in [0.15, 0.2) is 17.5 Å². The van der Waals surface area contributed by atoms with Crippen molar-refractivity contribution < 1.29 is 13.2 Å². The third kappa shape index (κ3) is 3.54. The maximum atomic E-state index is 12.9. The summed E-state index contributed by atoms with van der Waals surface area (Å²) in [5.41, 5.74) is 6.18. The van der Waals surface area contributed by atoms with Crippen LogP contribution in [0.1, 0.15) is 37.1 Å². The Bertz CT molecular complexity index is 405. The van der Waals surface area contributed by atoms with Gasteiger partial charge in [0.25, 0.3) is 0 Å². The normalized spacial score (nSPS) is 24.6. The van der Waals surface area contributed by atoms with Crippen molar-refractivity contribution in [3.63, 3.8) is 0 Å². The van der Waals surface area contributed by atoms with Crippen LogP contribution in [0.25, 0.3) is 0 Å². The average Bonchev–Trinajstić information content (AvgIpc) is 2.92. The molecule has 0 aliphatic carbocycles. The van der Waals surface area contributed by atoms with E-state index in [-0.39, 0.29) is 25.0 Å². The van der Waals surface area contributed by atoms with Gasteiger partial charge in [-0.15, -0.1) is 11.3 Å². The van der Waals surface area contributed by atoms with E-state index in [9.17, 15) is 13.2 Å². The van der Waals surface area contributed by atoms with E-state index in [1.54, 1.807) is 11.3 Å². The van der Waals surface area contributed by atoms with Gasteiger partial charge >= 0.3 is 6.18 Å². The van der Waals surface area contributed by atoms with Crippen molar-refractivity contribution in [1.29, 1.82) is 0 Å². The summed E-state index contributed by atoms with van der Waals surface area (Å²) >= 11 is 1.57. The standard InChI is InChI=1S/C14H21F3N2S/c1-2-11(18)13(12-6-4-8-20-12)19-7-3-5-10(9-19)14(15,16)17/h4,6,8,10-11,13H,2-3,5,7,9,18H2,1H3. The summed E-state index contributed by atoms with van der Waals surface area (Å²) in [6.07, 6.45) is -2.52. The number of nitrogens with two attached hydrogens (primary N) is 1. The molecule has 0 aromatic carbocycles. The number of hydrogen-bond donors (Lipinski definition) is 1. The quantitative estimate of drug-likeness (QED) is 0.917. The largest absolute Gasteiger partial charge is 0.393 e. The summed E-state index contributed by atoms with van der Waals surface area (Å²) in [7, 11) is 0. The fraction of sp³-hybridized carbons (Fsp3) is 0.714. The Morgan fingerprint density at radius 2 is 2.25 bits per heavy atom. The van der Waals surface area contributed by atoms with Crippen molar-refractivity contribution in [2.45, 2.75) is 44.4 Å². The van der Waals surface area contributed by atoms with Crippen LogP contribution < -0.4 is 5.73 Å². The van der Waals surface area contributed by atoms with Gasteiger partial charge in [0.15, 0.2) is 0 Å². The molecule has 1 aliphatic heterocycles. The summed E-state index contributed by atoms with van der Waals surface area (Å²) in [4.78, 5) is 3.00. The van der Waals surface area contributed by atoms with Crippen molar-refractivity contribution in [2.75, 3.05) is 13.1 Å². The Balaban J connectivity index is 2.17. The summed E-state index contributed by atoms with van der Waals surface area (Å²) < 4.78 is 38.8. The molecule has 0 amide bonds. The Morgan fingerprint density at radius 1 is 1.50 bits per heavy atom. The number of rotatable bonds is 4. The smallest absolute Gasteiger partial charge is 0.326 e. The van der Waals surface area contributed by atoms with E-state index in [1.165, 1.54) is 0 Å². The first-order valence-electron chi connectivity index (χ1n) is 7.03. The fourth-order valence-electron chi connectivity index (χ4n) is 2.87. The lowest BCUT2D eigenvalue weighted by molar-refractivity contribution is -0.189. The SMILES string of the molecule is CCC(N)C(c1cccs1)N1CCCC(C(F)(F)F)C1. The highest BCUT2D eigenvalue weighted by Crippen LogP contribution is 2.38. The molecule has 3 unspecified atom stereocenters. The molecule has 1 aromatic heterocycles. The van der Waals surface area contributed by atoms with E-state index in [4.69, 9.17) is 5.73 Å². The molecule has 0 bridgehead atoms. The highest BCUT2D eigenvalue weighted by Gasteiger charge is 2.43. The number of nitrogens with zero attached hydrogens (tertiary/aromatic N) is 1. The average molecular weight is 306 g/mol. The molecule has 1 saturated heterocycles. The molecule has 2 rings (SSSR count). The Kier molecular flexibility index (Phi) is 5.09. The zero-order chi connectivity index (χ0) is 14.8. The van der Waals surface area contributed by atoms with Crippen LogP contribution in [0.4, 0.5) is 13.2 Å². The topological polar surface area (TPSA) is 29.3 Å². The molecular weight excluding hydrogens is 285 g/mol. The molecular formula is C14H21F3N2S. The van der Waals surface area contributed by atoms with Crippen molar-refractivity contribution in [2.24, 2.45) is 11.7 Å². The molecule has 2 heterocycles. The van der Waals surface area contributed by atoms with Crippen LogP contribution in [-0.4, -0.2) is 30.2 Å². The molecule has 1 aromatic rings. The van der Waals surface area contributed by atoms with E-state index in [2.05, 4.69) is 0 Å². The molecule has 20 heavy (non-hydrogen) atoms. The van der Waals surface area contributed by atoms with Gasteiger partial charge in [0, 0.05) is 17.5 Å². The molecule has 2 nitrogen and oxygen atoms in total. The molecule has 0 saturated carbocycles. The molecule has 1 fully saturated rings. The second-order valence-corrected chi connectivity index (χ2v) is 6.39. The minimum absolute atomic E-state index is 0.0692. The molecule has 3 atom stereocenters. The van der Waals surface area contributed by atoms with E-state index in [1.807, 2.05) is 29.3 Å². The van der Waals surface area contributed by atoms with Crippen LogP contribution in [0.2, 0.25) is 0 Å². The second-order valence-electron chi connectivity index (χ2n) is 5.41. The molecule has 0 radical (unpaired) electrons. The minimum atomic E-state index is -4.10. The first-order valence-corrected chi connectivity index (χ1v) is 7.91. The Morgan fingerprint density at radius 3 is 2.80 bits per heavy atom. The maximum Gasteiger partial charge on any atom is 0.393 e. The third-order valence-corrected chi connectivity index (χ3v) is 4.96. The van der Waals surface area contributed by atoms with Crippen LogP contribution >= 0.6 is 11.3 Å². The van der Waals surface area contributed by atoms with E-state index >= 15 is 0 Å². The summed E-state index contributed by atoms with van der Waals surface area (Å²) in [6.45, 7) is 2.75. The van der Waals surface area contributed by atoms with Crippen LogP contribution in [0.5, 0.6) is 0 Å². The number of thiophene rings is 1. The van der Waals surface area contributed by atoms with Crippen LogP contribution in [0.3, 0.4) is 0 Å². The van der Waals surface area contributed by atoms with Crippen LogP contribution in [-0.2, 0) is 0 Å². The highest BCUT2D eigenvalue weighted by atomic mass is 32.1. The van der Waals surface area contributed by atoms with Gasteiger partial charge in [-0.25, -0.2) is 0 Å². The van der Waals surface area contributed by atoms with E-state index in [0.717, 1.165) is 11.3 Å². The lowest BCUT2D eigenvalue weighted by Crippen LogP contribution is -2.48. The number of halogens is 3. The van der Waals surface area contributed by atoms with Gasteiger partial charge in [0.1, 0.15) is 0 Å². The fourth-order valence-corrected chi connectivity index (χ4v) is 3.81. The van der Waals surface area contributed by atoms with Crippen molar-refractivity contribution in [3.05, 3.63) is 22.4 Å². The predicted molar refractivity (Wildman–Crippen MR) is 75.7 cm³/mol. The van der Waals surface area contributed by atoms with Gasteiger partial charge in [-0.3, -0.25) is 4.90 Å². The van der Waals surface area contributed by atoms with E-state index in [0.29, 0.717) is 13.0 Å². The summed E-state index contributed by atoms with van der Waals surface area (Å²) in [5.74, 6) is -1.22. The molecule has 0 spiro atoms. The number of hydrogen-bond acceptors (Lipinski definition) is 3. The highest BCUT2D eigenvalue weighted by molar-refractivity contribution is 7.10. The van der Waals surface area contributed by atoms with Crippen molar-refractivity contribution >= 4 is 11.3 Å². The van der Waals surface area contributed by atoms with Gasteiger partial charge in [-0.05, 0) is 37.3 Å². The predicted octanol–water partition coefficient (Wildman–Crippen LogP) is 3.80. The monoisotopic (exact) mass is 306 g/mol. The van der Waals surface area contributed by atoms with Crippen molar-refractivity contribution in [3.8, 4) is 0 Å².